The van der Waals surface area contributed by atoms with Crippen molar-refractivity contribution < 1.29 is 18.0 Å². The van der Waals surface area contributed by atoms with Gasteiger partial charge in [-0.3, -0.25) is 4.79 Å². The SMILES string of the molecule is Cc1nc(Nc2cccc(NC(=O)c3ccccc3C(F)(F)F)c2)cc(-c2ccccc2)n1. The average molecular weight is 448 g/mol. The van der Waals surface area contributed by atoms with Gasteiger partial charge in [0.25, 0.3) is 5.91 Å². The molecule has 0 radical (unpaired) electrons. The Morgan fingerprint density at radius 2 is 1.52 bits per heavy atom. The van der Waals surface area contributed by atoms with Gasteiger partial charge in [-0.2, -0.15) is 13.2 Å². The van der Waals surface area contributed by atoms with Crippen molar-refractivity contribution in [3.05, 3.63) is 102 Å². The quantitative estimate of drug-likeness (QED) is 0.367. The minimum atomic E-state index is -4.63. The fraction of sp³-hybridized carbons (Fsp3) is 0.0800. The van der Waals surface area contributed by atoms with Crippen LogP contribution in [0.3, 0.4) is 0 Å². The second-order valence-corrected chi connectivity index (χ2v) is 7.25. The number of amides is 1. The third-order valence-electron chi connectivity index (χ3n) is 4.78. The summed E-state index contributed by atoms with van der Waals surface area (Å²) in [4.78, 5) is 21.4. The molecular formula is C25H19F3N4O. The Morgan fingerprint density at radius 1 is 0.818 bits per heavy atom. The monoisotopic (exact) mass is 448 g/mol. The maximum Gasteiger partial charge on any atom is 0.417 e. The van der Waals surface area contributed by atoms with E-state index in [1.807, 2.05) is 30.3 Å². The number of aryl methyl sites for hydroxylation is 1. The maximum absolute atomic E-state index is 13.2. The van der Waals surface area contributed by atoms with Gasteiger partial charge >= 0.3 is 6.18 Å². The highest BCUT2D eigenvalue weighted by atomic mass is 19.4. The first-order chi connectivity index (χ1) is 15.8. The molecule has 3 aromatic carbocycles. The first kappa shape index (κ1) is 22.0. The fourth-order valence-corrected chi connectivity index (χ4v) is 3.34. The molecule has 0 aliphatic carbocycles. The van der Waals surface area contributed by atoms with E-state index >= 15 is 0 Å². The lowest BCUT2D eigenvalue weighted by molar-refractivity contribution is -0.137. The molecule has 0 saturated heterocycles. The minimum Gasteiger partial charge on any atom is -0.340 e. The van der Waals surface area contributed by atoms with Gasteiger partial charge in [0.2, 0.25) is 0 Å². The summed E-state index contributed by atoms with van der Waals surface area (Å²) in [6.07, 6.45) is -4.63. The molecule has 5 nitrogen and oxygen atoms in total. The van der Waals surface area contributed by atoms with Gasteiger partial charge in [0.1, 0.15) is 11.6 Å². The van der Waals surface area contributed by atoms with E-state index in [1.165, 1.54) is 12.1 Å². The highest BCUT2D eigenvalue weighted by Gasteiger charge is 2.34. The Hall–Kier alpha value is -4.20. The van der Waals surface area contributed by atoms with E-state index in [0.717, 1.165) is 23.4 Å². The fourth-order valence-electron chi connectivity index (χ4n) is 3.34. The van der Waals surface area contributed by atoms with Crippen LogP contribution in [0, 0.1) is 6.92 Å². The summed E-state index contributed by atoms with van der Waals surface area (Å²) < 4.78 is 39.7. The van der Waals surface area contributed by atoms with Gasteiger partial charge in [0.05, 0.1) is 16.8 Å². The second kappa shape index (κ2) is 9.12. The van der Waals surface area contributed by atoms with Gasteiger partial charge in [-0.15, -0.1) is 0 Å². The first-order valence-corrected chi connectivity index (χ1v) is 10.1. The predicted molar refractivity (Wildman–Crippen MR) is 121 cm³/mol. The number of alkyl halides is 3. The van der Waals surface area contributed by atoms with Gasteiger partial charge in [0, 0.05) is 23.0 Å². The first-order valence-electron chi connectivity index (χ1n) is 10.1. The Labute approximate surface area is 188 Å². The number of hydrogen-bond acceptors (Lipinski definition) is 4. The largest absolute Gasteiger partial charge is 0.417 e. The molecule has 4 rings (SSSR count). The Bertz CT molecular complexity index is 1290. The Kier molecular flexibility index (Phi) is 6.08. The number of benzene rings is 3. The van der Waals surface area contributed by atoms with Gasteiger partial charge in [0.15, 0.2) is 0 Å². The summed E-state index contributed by atoms with van der Waals surface area (Å²) >= 11 is 0. The Balaban J connectivity index is 1.55. The molecule has 0 aliphatic rings. The van der Waals surface area contributed by atoms with Crippen LogP contribution in [0.1, 0.15) is 21.7 Å². The van der Waals surface area contributed by atoms with Crippen LogP contribution in [-0.2, 0) is 6.18 Å². The van der Waals surface area contributed by atoms with Crippen LogP contribution in [0.2, 0.25) is 0 Å². The number of anilines is 3. The molecule has 8 heteroatoms. The van der Waals surface area contributed by atoms with E-state index in [-0.39, 0.29) is 0 Å². The molecule has 166 valence electrons. The molecule has 0 aliphatic heterocycles. The molecule has 1 heterocycles. The highest BCUT2D eigenvalue weighted by molar-refractivity contribution is 6.05. The summed E-state index contributed by atoms with van der Waals surface area (Å²) in [7, 11) is 0. The van der Waals surface area contributed by atoms with Crippen molar-refractivity contribution in [3.63, 3.8) is 0 Å². The lowest BCUT2D eigenvalue weighted by Gasteiger charge is -2.13. The van der Waals surface area contributed by atoms with Crippen LogP contribution in [0.4, 0.5) is 30.4 Å². The summed E-state index contributed by atoms with van der Waals surface area (Å²) in [5.74, 6) is 0.281. The number of nitrogens with one attached hydrogen (secondary N) is 2. The van der Waals surface area contributed by atoms with Crippen molar-refractivity contribution in [2.75, 3.05) is 10.6 Å². The molecule has 0 atom stereocenters. The van der Waals surface area contributed by atoms with Crippen molar-refractivity contribution in [2.24, 2.45) is 0 Å². The van der Waals surface area contributed by atoms with E-state index in [1.54, 1.807) is 37.3 Å². The normalized spacial score (nSPS) is 11.2. The van der Waals surface area contributed by atoms with E-state index in [2.05, 4.69) is 20.6 Å². The van der Waals surface area contributed by atoms with Crippen molar-refractivity contribution in [1.82, 2.24) is 9.97 Å². The topological polar surface area (TPSA) is 66.9 Å². The predicted octanol–water partition coefficient (Wildman–Crippen LogP) is 6.47. The van der Waals surface area contributed by atoms with Crippen molar-refractivity contribution >= 4 is 23.1 Å². The molecule has 0 fully saturated rings. The number of nitrogens with zero attached hydrogens (tertiary/aromatic N) is 2. The maximum atomic E-state index is 13.2. The van der Waals surface area contributed by atoms with Crippen LogP contribution >= 0.6 is 0 Å². The van der Waals surface area contributed by atoms with Gasteiger partial charge in [-0.1, -0.05) is 48.5 Å². The van der Waals surface area contributed by atoms with Gasteiger partial charge in [-0.25, -0.2) is 9.97 Å². The van der Waals surface area contributed by atoms with Gasteiger partial charge in [-0.05, 0) is 37.3 Å². The van der Waals surface area contributed by atoms with Crippen LogP contribution < -0.4 is 10.6 Å². The van der Waals surface area contributed by atoms with Crippen LogP contribution in [0.5, 0.6) is 0 Å². The molecule has 1 aromatic heterocycles. The number of hydrogen-bond donors (Lipinski definition) is 2. The zero-order valence-electron chi connectivity index (χ0n) is 17.5. The third kappa shape index (κ3) is 5.35. The summed E-state index contributed by atoms with van der Waals surface area (Å²) in [5, 5.41) is 5.70. The Morgan fingerprint density at radius 3 is 2.27 bits per heavy atom. The molecule has 0 saturated carbocycles. The van der Waals surface area contributed by atoms with Crippen LogP contribution in [0.25, 0.3) is 11.3 Å². The lowest BCUT2D eigenvalue weighted by atomic mass is 10.1. The van der Waals surface area contributed by atoms with Crippen LogP contribution in [-0.4, -0.2) is 15.9 Å². The molecule has 1 amide bonds. The smallest absolute Gasteiger partial charge is 0.340 e. The molecule has 0 spiro atoms. The number of carbonyl (C=O) groups excluding carboxylic acids is 1. The zero-order valence-corrected chi connectivity index (χ0v) is 17.5. The van der Waals surface area contributed by atoms with E-state index in [0.29, 0.717) is 23.0 Å². The lowest BCUT2D eigenvalue weighted by Crippen LogP contribution is -2.18. The number of carbonyl (C=O) groups is 1. The molecule has 2 N–H and O–H groups in total. The standard InChI is InChI=1S/C25H19F3N4O/c1-16-29-22(17-8-3-2-4-9-17)15-23(30-16)31-18-10-7-11-19(14-18)32-24(33)20-12-5-6-13-21(20)25(26,27)28/h2-15H,1H3,(H,32,33)(H,29,30,31). The summed E-state index contributed by atoms with van der Waals surface area (Å²) in [5.41, 5.74) is 1.21. The zero-order chi connectivity index (χ0) is 23.4. The third-order valence-corrected chi connectivity index (χ3v) is 4.78. The van der Waals surface area contributed by atoms with Crippen molar-refractivity contribution in [2.45, 2.75) is 13.1 Å². The van der Waals surface area contributed by atoms with Gasteiger partial charge < -0.3 is 10.6 Å². The highest BCUT2D eigenvalue weighted by Crippen LogP contribution is 2.32. The van der Waals surface area contributed by atoms with E-state index in [4.69, 9.17) is 0 Å². The minimum absolute atomic E-state index is 0.344. The second-order valence-electron chi connectivity index (χ2n) is 7.25. The summed E-state index contributed by atoms with van der Waals surface area (Å²) in [6.45, 7) is 1.78. The number of halogens is 3. The van der Waals surface area contributed by atoms with Crippen molar-refractivity contribution in [1.29, 1.82) is 0 Å². The number of aromatic nitrogens is 2. The van der Waals surface area contributed by atoms with E-state index in [9.17, 15) is 18.0 Å². The molecule has 4 aromatic rings. The molecular weight excluding hydrogens is 429 g/mol. The average Bonchev–Trinajstić information content (AvgIpc) is 2.79. The van der Waals surface area contributed by atoms with E-state index < -0.39 is 23.2 Å². The van der Waals surface area contributed by atoms with Crippen molar-refractivity contribution in [3.8, 4) is 11.3 Å². The molecule has 33 heavy (non-hydrogen) atoms. The molecule has 0 bridgehead atoms. The number of rotatable bonds is 5. The van der Waals surface area contributed by atoms with Crippen LogP contribution in [0.15, 0.2) is 84.9 Å². The molecule has 0 unspecified atom stereocenters. The summed E-state index contributed by atoms with van der Waals surface area (Å²) in [6, 6.07) is 22.8.